The minimum Gasteiger partial charge on any atom is -0.359 e. The highest BCUT2D eigenvalue weighted by molar-refractivity contribution is 5.92. The number of likely N-dealkylation sites (tertiary alicyclic amines) is 1. The van der Waals surface area contributed by atoms with Crippen molar-refractivity contribution < 1.29 is 9.32 Å². The summed E-state index contributed by atoms with van der Waals surface area (Å²) in [5.74, 6) is 1.59. The zero-order valence-corrected chi connectivity index (χ0v) is 17.7. The van der Waals surface area contributed by atoms with E-state index in [0.717, 1.165) is 50.9 Å². The van der Waals surface area contributed by atoms with Crippen LogP contribution in [0.5, 0.6) is 0 Å². The number of hydrogen-bond donors (Lipinski definition) is 0. The first kappa shape index (κ1) is 19.8. The summed E-state index contributed by atoms with van der Waals surface area (Å²) in [7, 11) is 0. The SMILES string of the molecule is O=C(c1cc(CN2CCC(Cc3ccccc3)CC2)on1)N1CCN2CCCC2C1. The molecule has 2 aromatic rings. The number of amides is 1. The van der Waals surface area contributed by atoms with E-state index in [1.807, 2.05) is 11.0 Å². The van der Waals surface area contributed by atoms with Crippen LogP contribution in [0.3, 0.4) is 0 Å². The molecule has 4 heterocycles. The Morgan fingerprint density at radius 2 is 1.87 bits per heavy atom. The Morgan fingerprint density at radius 1 is 1.03 bits per heavy atom. The van der Waals surface area contributed by atoms with Gasteiger partial charge in [-0.05, 0) is 63.2 Å². The van der Waals surface area contributed by atoms with Gasteiger partial charge in [0, 0.05) is 31.7 Å². The van der Waals surface area contributed by atoms with Crippen LogP contribution in [-0.4, -0.2) is 71.1 Å². The molecular weight excluding hydrogens is 376 g/mol. The van der Waals surface area contributed by atoms with Gasteiger partial charge in [-0.15, -0.1) is 0 Å². The van der Waals surface area contributed by atoms with Crippen molar-refractivity contribution in [3.8, 4) is 0 Å². The Morgan fingerprint density at radius 3 is 2.70 bits per heavy atom. The molecule has 30 heavy (non-hydrogen) atoms. The Hall–Kier alpha value is -2.18. The lowest BCUT2D eigenvalue weighted by Gasteiger charge is -2.37. The number of aromatic nitrogens is 1. The van der Waals surface area contributed by atoms with Gasteiger partial charge >= 0.3 is 0 Å². The lowest BCUT2D eigenvalue weighted by atomic mass is 9.90. The first-order chi connectivity index (χ1) is 14.7. The van der Waals surface area contributed by atoms with E-state index < -0.39 is 0 Å². The van der Waals surface area contributed by atoms with E-state index in [-0.39, 0.29) is 5.91 Å². The van der Waals surface area contributed by atoms with Crippen LogP contribution in [0.4, 0.5) is 0 Å². The molecule has 0 bridgehead atoms. The summed E-state index contributed by atoms with van der Waals surface area (Å²) in [6, 6.07) is 13.2. The second-order valence-corrected chi connectivity index (χ2v) is 9.17. The van der Waals surface area contributed by atoms with Crippen molar-refractivity contribution in [1.29, 1.82) is 0 Å². The molecule has 3 aliphatic heterocycles. The molecule has 1 aromatic carbocycles. The summed E-state index contributed by atoms with van der Waals surface area (Å²) < 4.78 is 5.54. The summed E-state index contributed by atoms with van der Waals surface area (Å²) in [5.41, 5.74) is 1.91. The van der Waals surface area contributed by atoms with Gasteiger partial charge in [-0.25, -0.2) is 0 Å². The Kier molecular flexibility index (Phi) is 5.86. The van der Waals surface area contributed by atoms with Gasteiger partial charge in [0.2, 0.25) is 0 Å². The van der Waals surface area contributed by atoms with Crippen molar-refractivity contribution in [2.45, 2.75) is 44.7 Å². The van der Waals surface area contributed by atoms with E-state index in [9.17, 15) is 4.79 Å². The van der Waals surface area contributed by atoms with Crippen LogP contribution in [0.15, 0.2) is 40.9 Å². The van der Waals surface area contributed by atoms with Gasteiger partial charge in [0.05, 0.1) is 6.54 Å². The van der Waals surface area contributed by atoms with Crippen LogP contribution in [-0.2, 0) is 13.0 Å². The van der Waals surface area contributed by atoms with Crippen LogP contribution in [0.25, 0.3) is 0 Å². The quantitative estimate of drug-likeness (QED) is 0.761. The summed E-state index contributed by atoms with van der Waals surface area (Å²) in [6.45, 7) is 6.69. The predicted octanol–water partition coefficient (Wildman–Crippen LogP) is 3.05. The Labute approximate surface area is 178 Å². The number of carbonyl (C=O) groups excluding carboxylic acids is 1. The average Bonchev–Trinajstić information content (AvgIpc) is 3.44. The van der Waals surface area contributed by atoms with Gasteiger partial charge in [-0.2, -0.15) is 0 Å². The Balaban J connectivity index is 1.11. The fraction of sp³-hybridized carbons (Fsp3) is 0.583. The third-order valence-electron chi connectivity index (χ3n) is 7.11. The number of fused-ring (bicyclic) bond motifs is 1. The minimum absolute atomic E-state index is 0.0260. The standard InChI is InChI=1S/C24H32N4O2/c29-24(28-14-13-27-10-4-7-21(27)17-28)23-16-22(30-25-23)18-26-11-8-20(9-12-26)15-19-5-2-1-3-6-19/h1-3,5-6,16,20-21H,4,7-15,17-18H2. The van der Waals surface area contributed by atoms with Gasteiger partial charge in [0.1, 0.15) is 0 Å². The van der Waals surface area contributed by atoms with Crippen LogP contribution in [0.2, 0.25) is 0 Å². The van der Waals surface area contributed by atoms with E-state index in [1.165, 1.54) is 44.2 Å². The number of piperazine rings is 1. The van der Waals surface area contributed by atoms with Crippen molar-refractivity contribution in [3.05, 3.63) is 53.4 Å². The second kappa shape index (κ2) is 8.90. The summed E-state index contributed by atoms with van der Waals surface area (Å²) in [4.78, 5) is 19.8. The minimum atomic E-state index is 0.0260. The van der Waals surface area contributed by atoms with Gasteiger partial charge in [0.15, 0.2) is 11.5 Å². The highest BCUT2D eigenvalue weighted by atomic mass is 16.5. The number of benzene rings is 1. The molecule has 0 saturated carbocycles. The highest BCUT2D eigenvalue weighted by Crippen LogP contribution is 2.24. The first-order valence-corrected chi connectivity index (χ1v) is 11.5. The fourth-order valence-corrected chi connectivity index (χ4v) is 5.34. The van der Waals surface area contributed by atoms with E-state index in [1.54, 1.807) is 0 Å². The van der Waals surface area contributed by atoms with Crippen molar-refractivity contribution >= 4 is 5.91 Å². The van der Waals surface area contributed by atoms with Gasteiger partial charge in [-0.1, -0.05) is 35.5 Å². The van der Waals surface area contributed by atoms with Crippen LogP contribution in [0, 0.1) is 5.92 Å². The van der Waals surface area contributed by atoms with Crippen molar-refractivity contribution in [3.63, 3.8) is 0 Å². The van der Waals surface area contributed by atoms with E-state index in [2.05, 4.69) is 45.3 Å². The molecule has 3 fully saturated rings. The maximum atomic E-state index is 12.9. The molecule has 0 N–H and O–H groups in total. The summed E-state index contributed by atoms with van der Waals surface area (Å²) >= 11 is 0. The van der Waals surface area contributed by atoms with Gasteiger partial charge < -0.3 is 9.42 Å². The topological polar surface area (TPSA) is 52.8 Å². The van der Waals surface area contributed by atoms with Crippen LogP contribution >= 0.6 is 0 Å². The maximum Gasteiger partial charge on any atom is 0.276 e. The lowest BCUT2D eigenvalue weighted by molar-refractivity contribution is 0.0561. The third-order valence-corrected chi connectivity index (χ3v) is 7.11. The third kappa shape index (κ3) is 4.44. The molecule has 6 heteroatoms. The number of rotatable bonds is 5. The molecule has 1 unspecified atom stereocenters. The molecule has 3 saturated heterocycles. The average molecular weight is 409 g/mol. The molecule has 1 amide bonds. The summed E-state index contributed by atoms with van der Waals surface area (Å²) in [5, 5.41) is 4.11. The fourth-order valence-electron chi connectivity index (χ4n) is 5.34. The largest absolute Gasteiger partial charge is 0.359 e. The van der Waals surface area contributed by atoms with Crippen molar-refractivity contribution in [1.82, 2.24) is 19.9 Å². The maximum absolute atomic E-state index is 12.9. The summed E-state index contributed by atoms with van der Waals surface area (Å²) in [6.07, 6.45) is 6.04. The molecule has 1 aromatic heterocycles. The number of nitrogens with zero attached hydrogens (tertiary/aromatic N) is 4. The van der Waals surface area contributed by atoms with E-state index in [0.29, 0.717) is 11.7 Å². The monoisotopic (exact) mass is 408 g/mol. The van der Waals surface area contributed by atoms with E-state index in [4.69, 9.17) is 4.52 Å². The lowest BCUT2D eigenvalue weighted by Crippen LogP contribution is -2.52. The number of hydrogen-bond acceptors (Lipinski definition) is 5. The molecule has 3 aliphatic rings. The first-order valence-electron chi connectivity index (χ1n) is 11.5. The molecule has 160 valence electrons. The molecule has 1 atom stereocenters. The van der Waals surface area contributed by atoms with E-state index >= 15 is 0 Å². The zero-order valence-electron chi connectivity index (χ0n) is 17.7. The molecule has 0 aliphatic carbocycles. The molecule has 5 rings (SSSR count). The normalized spacial score (nSPS) is 23.6. The number of piperidine rings is 1. The van der Waals surface area contributed by atoms with Gasteiger partial charge in [-0.3, -0.25) is 14.6 Å². The van der Waals surface area contributed by atoms with Gasteiger partial charge in [0.25, 0.3) is 5.91 Å². The molecule has 0 spiro atoms. The van der Waals surface area contributed by atoms with Crippen LogP contribution < -0.4 is 0 Å². The number of carbonyl (C=O) groups is 1. The molecular formula is C24H32N4O2. The second-order valence-electron chi connectivity index (χ2n) is 9.17. The highest BCUT2D eigenvalue weighted by Gasteiger charge is 2.33. The van der Waals surface area contributed by atoms with Crippen LogP contribution in [0.1, 0.15) is 47.5 Å². The predicted molar refractivity (Wildman–Crippen MR) is 115 cm³/mol. The molecule has 0 radical (unpaired) electrons. The van der Waals surface area contributed by atoms with Crippen molar-refractivity contribution in [2.75, 3.05) is 39.3 Å². The van der Waals surface area contributed by atoms with Crippen molar-refractivity contribution in [2.24, 2.45) is 5.92 Å². The zero-order chi connectivity index (χ0) is 20.3. The smallest absolute Gasteiger partial charge is 0.276 e. The Bertz CT molecular complexity index is 844. The molecule has 6 nitrogen and oxygen atoms in total.